The normalized spacial score (nSPS) is 24.4. The van der Waals surface area contributed by atoms with Gasteiger partial charge in [-0.05, 0) is 0 Å². The van der Waals surface area contributed by atoms with Crippen LogP contribution in [-0.2, 0) is 33.3 Å². The number of rotatable bonds is 8. The second kappa shape index (κ2) is 11.6. The molecule has 1 unspecified atom stereocenters. The third-order valence-electron chi connectivity index (χ3n) is 6.17. The van der Waals surface area contributed by atoms with E-state index in [1.165, 1.54) is 20.8 Å². The summed E-state index contributed by atoms with van der Waals surface area (Å²) in [6, 6.07) is 17.0. The van der Waals surface area contributed by atoms with Crippen LogP contribution in [0.25, 0.3) is 0 Å². The van der Waals surface area contributed by atoms with Gasteiger partial charge in [-0.25, -0.2) is 0 Å². The molecule has 2 aliphatic rings. The van der Waals surface area contributed by atoms with Crippen LogP contribution in [0, 0.1) is 0 Å². The minimum absolute atomic E-state index is 0.193. The van der Waals surface area contributed by atoms with E-state index in [-0.39, 0.29) is 13.2 Å². The number of para-hydroxylation sites is 1. The van der Waals surface area contributed by atoms with Gasteiger partial charge in [0.05, 0.1) is 0 Å². The summed E-state index contributed by atoms with van der Waals surface area (Å²) in [7, 11) is 0. The van der Waals surface area contributed by atoms with Crippen LogP contribution in [0.5, 0.6) is 5.75 Å². The van der Waals surface area contributed by atoms with E-state index in [4.69, 9.17) is 23.7 Å². The van der Waals surface area contributed by atoms with E-state index in [2.05, 4.69) is 15.6 Å². The average Bonchev–Trinajstić information content (AvgIpc) is 3.31. The summed E-state index contributed by atoms with van der Waals surface area (Å²) in [6.07, 6.45) is -2.98. The molecule has 10 nitrogen and oxygen atoms in total. The number of ether oxygens (including phenoxy) is 5. The van der Waals surface area contributed by atoms with Gasteiger partial charge in [0.2, 0.25) is 0 Å². The molecule has 0 radical (unpaired) electrons. The van der Waals surface area contributed by atoms with Crippen molar-refractivity contribution in [2.45, 2.75) is 51.7 Å². The number of benzene rings is 2. The number of anilines is 2. The van der Waals surface area contributed by atoms with Crippen molar-refractivity contribution in [3.8, 4) is 5.75 Å². The maximum atomic E-state index is 12.4. The van der Waals surface area contributed by atoms with Gasteiger partial charge in [0.25, 0.3) is 0 Å². The first-order valence-electron chi connectivity index (χ1n) is 12.2. The van der Waals surface area contributed by atoms with Crippen molar-refractivity contribution in [1.29, 1.82) is 0 Å². The molecule has 0 aliphatic carbocycles. The van der Waals surface area contributed by atoms with E-state index < -0.39 is 41.9 Å². The summed E-state index contributed by atoms with van der Waals surface area (Å²) in [5.41, 5.74) is 0.246. The van der Waals surface area contributed by atoms with Crippen molar-refractivity contribution in [3.63, 3.8) is 0 Å². The summed E-state index contributed by atoms with van der Waals surface area (Å²) in [5, 5.41) is 0. The number of carbonyl (C=O) groups excluding carboxylic acids is 3. The van der Waals surface area contributed by atoms with Crippen molar-refractivity contribution in [3.05, 3.63) is 54.6 Å². The van der Waals surface area contributed by atoms with Crippen molar-refractivity contribution >= 4 is 49.5 Å². The van der Waals surface area contributed by atoms with Gasteiger partial charge in [0.15, 0.2) is 0 Å². The maximum absolute atomic E-state index is 12.4. The molecule has 2 fully saturated rings. The second-order valence-electron chi connectivity index (χ2n) is 8.87. The number of carbonyl (C=O) groups is 3. The second-order valence-corrected chi connectivity index (χ2v) is 9.64. The molecule has 2 aromatic rings. The van der Waals surface area contributed by atoms with Crippen LogP contribution < -0.4 is 14.5 Å². The molecule has 1 spiro atoms. The first-order valence-corrected chi connectivity index (χ1v) is 13.1. The Morgan fingerprint density at radius 3 is 2.18 bits per heavy atom. The summed E-state index contributed by atoms with van der Waals surface area (Å²) < 4.78 is 29.6. The third kappa shape index (κ3) is 5.55. The van der Waals surface area contributed by atoms with Gasteiger partial charge in [-0.1, -0.05) is 0 Å². The van der Waals surface area contributed by atoms with Crippen LogP contribution in [0.4, 0.5) is 11.4 Å². The molecule has 4 atom stereocenters. The van der Waals surface area contributed by atoms with E-state index in [0.717, 1.165) is 17.1 Å². The van der Waals surface area contributed by atoms with Gasteiger partial charge in [-0.2, -0.15) is 0 Å². The Labute approximate surface area is 229 Å². The Morgan fingerprint density at radius 2 is 1.61 bits per heavy atom. The zero-order valence-electron chi connectivity index (χ0n) is 21.6. The van der Waals surface area contributed by atoms with Crippen LogP contribution in [0.1, 0.15) is 27.7 Å². The Bertz CT molecular complexity index is 1190. The van der Waals surface area contributed by atoms with Crippen LogP contribution in [0.15, 0.2) is 54.6 Å². The molecule has 38 heavy (non-hydrogen) atoms. The molecule has 2 aromatic carbocycles. The fraction of sp³-hybridized carbons (Fsp3) is 0.407. The zero-order chi connectivity index (χ0) is 27.4. The molecule has 4 rings (SSSR count). The SMILES string of the molecule is CCOc1ccc(N2CC3(O[C@H](COC(C)=O)[C@H](OC(C)=O)[C@@H]3OC(C)=O)N(c3ccccc3)C2=[Se])cc1. The van der Waals surface area contributed by atoms with Crippen LogP contribution in [0.2, 0.25) is 0 Å². The van der Waals surface area contributed by atoms with Crippen molar-refractivity contribution in [1.82, 2.24) is 0 Å². The number of hydrogen-bond acceptors (Lipinski definition) is 10. The van der Waals surface area contributed by atoms with Gasteiger partial charge in [0, 0.05) is 0 Å². The van der Waals surface area contributed by atoms with E-state index in [0.29, 0.717) is 11.3 Å². The first-order chi connectivity index (χ1) is 18.2. The van der Waals surface area contributed by atoms with Gasteiger partial charge >= 0.3 is 229 Å². The van der Waals surface area contributed by atoms with E-state index in [9.17, 15) is 14.4 Å². The molecule has 0 amide bonds. The summed E-state index contributed by atoms with van der Waals surface area (Å²) >= 11 is 3.15. The molecule has 0 bridgehead atoms. The van der Waals surface area contributed by atoms with E-state index in [1.54, 1.807) is 0 Å². The molecule has 2 heterocycles. The molecule has 202 valence electrons. The monoisotopic (exact) mass is 590 g/mol. The Hall–Kier alpha value is -3.40. The van der Waals surface area contributed by atoms with Crippen LogP contribution in [0.3, 0.4) is 0 Å². The zero-order valence-corrected chi connectivity index (χ0v) is 23.3. The quantitative estimate of drug-likeness (QED) is 0.259. The molecule has 11 heteroatoms. The fourth-order valence-electron chi connectivity index (χ4n) is 4.79. The summed E-state index contributed by atoms with van der Waals surface area (Å²) in [4.78, 5) is 40.0. The van der Waals surface area contributed by atoms with Crippen LogP contribution in [-0.4, -0.2) is 81.9 Å². The summed E-state index contributed by atoms with van der Waals surface area (Å²) in [5.74, 6) is -0.936. The Morgan fingerprint density at radius 1 is 0.947 bits per heavy atom. The van der Waals surface area contributed by atoms with E-state index >= 15 is 0 Å². The Balaban J connectivity index is 1.83. The molecular formula is C27H30N2O8Se. The standard InChI is InChI=1S/C27H30N2O8Se/c1-5-33-22-13-11-20(12-14-22)28-16-27(29(26(28)38)21-9-7-6-8-10-21)25(36-19(4)32)24(35-18(3)31)23(37-27)15-34-17(2)30/h6-14,23-25H,5,15-16H2,1-4H3/t23-,24+,25+,27?/m1/s1. The van der Waals surface area contributed by atoms with Gasteiger partial charge in [0.1, 0.15) is 0 Å². The number of nitrogens with zero attached hydrogens (tertiary/aromatic N) is 2. The predicted molar refractivity (Wildman–Crippen MR) is 140 cm³/mol. The van der Waals surface area contributed by atoms with Gasteiger partial charge in [-0.3, -0.25) is 0 Å². The number of hydrogen-bond donors (Lipinski definition) is 0. The van der Waals surface area contributed by atoms with Gasteiger partial charge in [-0.15, -0.1) is 0 Å². The fourth-order valence-corrected chi connectivity index (χ4v) is 5.70. The van der Waals surface area contributed by atoms with Gasteiger partial charge < -0.3 is 0 Å². The van der Waals surface area contributed by atoms with Crippen molar-refractivity contribution < 1.29 is 38.1 Å². The molecular weight excluding hydrogens is 559 g/mol. The first kappa shape index (κ1) is 27.6. The average molecular weight is 590 g/mol. The molecule has 0 saturated carbocycles. The van der Waals surface area contributed by atoms with Crippen LogP contribution >= 0.6 is 0 Å². The third-order valence-corrected chi connectivity index (χ3v) is 7.02. The minimum atomic E-state index is -1.34. The Kier molecular flexibility index (Phi) is 8.40. The molecule has 2 aliphatic heterocycles. The van der Waals surface area contributed by atoms with Crippen molar-refractivity contribution in [2.24, 2.45) is 0 Å². The molecule has 2 saturated heterocycles. The van der Waals surface area contributed by atoms with Crippen molar-refractivity contribution in [2.75, 3.05) is 29.6 Å². The molecule has 0 N–H and O–H groups in total. The molecule has 0 aromatic heterocycles. The number of esters is 3. The van der Waals surface area contributed by atoms with E-state index in [1.807, 2.05) is 71.3 Å². The predicted octanol–water partition coefficient (Wildman–Crippen LogP) is 2.19. The summed E-state index contributed by atoms with van der Waals surface area (Å²) in [6.45, 7) is 6.30. The topological polar surface area (TPSA) is 104 Å².